The molecule has 1 aliphatic rings. The zero-order valence-electron chi connectivity index (χ0n) is 12.8. The Kier molecular flexibility index (Phi) is 8.48. The second-order valence-corrected chi connectivity index (χ2v) is 5.94. The minimum absolute atomic E-state index is 0.279. The van der Waals surface area contributed by atoms with Crippen LogP contribution in [0.25, 0.3) is 0 Å². The van der Waals surface area contributed by atoms with Gasteiger partial charge in [0.2, 0.25) is 10.0 Å². The van der Waals surface area contributed by atoms with Gasteiger partial charge in [0.15, 0.2) is 0 Å². The van der Waals surface area contributed by atoms with Crippen LogP contribution in [0.5, 0.6) is 0 Å². The third-order valence-electron chi connectivity index (χ3n) is 2.67. The summed E-state index contributed by atoms with van der Waals surface area (Å²) < 4.78 is 25.1. The Bertz CT molecular complexity index is 438. The molecule has 110 valence electrons. The third-order valence-corrected chi connectivity index (χ3v) is 4.54. The molecular formula is C15H27NO2S. The molecule has 2 rings (SSSR count). The van der Waals surface area contributed by atoms with Gasteiger partial charge in [-0.3, -0.25) is 4.31 Å². The van der Waals surface area contributed by atoms with E-state index in [1.54, 1.807) is 0 Å². The molecule has 0 unspecified atom stereocenters. The van der Waals surface area contributed by atoms with Crippen LogP contribution < -0.4 is 4.31 Å². The summed E-state index contributed by atoms with van der Waals surface area (Å²) in [7, 11) is -3.06. The van der Waals surface area contributed by atoms with Gasteiger partial charge in [-0.05, 0) is 31.9 Å². The van der Waals surface area contributed by atoms with Crippen molar-refractivity contribution in [3.63, 3.8) is 0 Å². The Balaban J connectivity index is 0.000000741. The van der Waals surface area contributed by atoms with Gasteiger partial charge in [-0.2, -0.15) is 0 Å². The molecule has 0 atom stereocenters. The molecule has 0 aliphatic carbocycles. The molecule has 0 amide bonds. The first-order chi connectivity index (χ1) is 9.09. The summed E-state index contributed by atoms with van der Waals surface area (Å²) in [6, 6.07) is 7.63. The van der Waals surface area contributed by atoms with Crippen LogP contribution in [0.2, 0.25) is 0 Å². The zero-order valence-corrected chi connectivity index (χ0v) is 13.6. The SMILES string of the molecule is CC.CC.Cc1ccc(N2CCCCS2(=O)=O)cc1. The van der Waals surface area contributed by atoms with Gasteiger partial charge in [-0.15, -0.1) is 0 Å². The van der Waals surface area contributed by atoms with E-state index in [-0.39, 0.29) is 5.75 Å². The monoisotopic (exact) mass is 285 g/mol. The maximum Gasteiger partial charge on any atom is 0.235 e. The van der Waals surface area contributed by atoms with Gasteiger partial charge >= 0.3 is 0 Å². The summed E-state index contributed by atoms with van der Waals surface area (Å²) in [6.07, 6.45) is 1.73. The highest BCUT2D eigenvalue weighted by Crippen LogP contribution is 2.23. The minimum atomic E-state index is -3.06. The Morgan fingerprint density at radius 2 is 1.47 bits per heavy atom. The molecule has 0 radical (unpaired) electrons. The van der Waals surface area contributed by atoms with Crippen LogP contribution in [-0.4, -0.2) is 20.7 Å². The normalized spacial score (nSPS) is 16.6. The van der Waals surface area contributed by atoms with E-state index in [4.69, 9.17) is 0 Å². The maximum absolute atomic E-state index is 11.8. The van der Waals surface area contributed by atoms with Crippen LogP contribution >= 0.6 is 0 Å². The van der Waals surface area contributed by atoms with E-state index in [1.807, 2.05) is 58.9 Å². The molecule has 0 N–H and O–H groups in total. The molecule has 1 heterocycles. The Labute approximate surface area is 118 Å². The number of rotatable bonds is 1. The fourth-order valence-corrected chi connectivity index (χ4v) is 3.43. The lowest BCUT2D eigenvalue weighted by molar-refractivity contribution is 0.574. The van der Waals surface area contributed by atoms with Gasteiger partial charge in [-0.1, -0.05) is 45.4 Å². The Hall–Kier alpha value is -1.03. The largest absolute Gasteiger partial charge is 0.270 e. The molecular weight excluding hydrogens is 258 g/mol. The molecule has 4 heteroatoms. The van der Waals surface area contributed by atoms with Crippen molar-refractivity contribution in [1.29, 1.82) is 0 Å². The van der Waals surface area contributed by atoms with Crippen LogP contribution in [0.1, 0.15) is 46.1 Å². The molecule has 1 aromatic rings. The smallest absolute Gasteiger partial charge is 0.235 e. The third kappa shape index (κ3) is 5.23. The lowest BCUT2D eigenvalue weighted by Gasteiger charge is -2.28. The minimum Gasteiger partial charge on any atom is -0.270 e. The Morgan fingerprint density at radius 1 is 0.947 bits per heavy atom. The summed E-state index contributed by atoms with van der Waals surface area (Å²) in [5, 5.41) is 0. The summed E-state index contributed by atoms with van der Waals surface area (Å²) in [6.45, 7) is 10.6. The van der Waals surface area contributed by atoms with E-state index in [0.29, 0.717) is 6.54 Å². The second-order valence-electron chi connectivity index (χ2n) is 3.93. The molecule has 1 fully saturated rings. The summed E-state index contributed by atoms with van der Waals surface area (Å²) in [5.74, 6) is 0.279. The molecule has 0 bridgehead atoms. The van der Waals surface area contributed by atoms with Crippen LogP contribution in [0.4, 0.5) is 5.69 Å². The highest BCUT2D eigenvalue weighted by Gasteiger charge is 2.25. The van der Waals surface area contributed by atoms with Crippen molar-refractivity contribution < 1.29 is 8.42 Å². The number of hydrogen-bond acceptors (Lipinski definition) is 2. The average Bonchev–Trinajstić information content (AvgIpc) is 2.44. The predicted octanol–water partition coefficient (Wildman–Crippen LogP) is 3.98. The van der Waals surface area contributed by atoms with Crippen molar-refractivity contribution in [3.05, 3.63) is 29.8 Å². The molecule has 1 saturated heterocycles. The van der Waals surface area contributed by atoms with Gasteiger partial charge in [0.05, 0.1) is 11.4 Å². The molecule has 0 spiro atoms. The van der Waals surface area contributed by atoms with E-state index in [2.05, 4.69) is 0 Å². The summed E-state index contributed by atoms with van der Waals surface area (Å²) in [5.41, 5.74) is 1.94. The van der Waals surface area contributed by atoms with Gasteiger partial charge in [0.1, 0.15) is 0 Å². The van der Waals surface area contributed by atoms with Crippen LogP contribution in [-0.2, 0) is 10.0 Å². The van der Waals surface area contributed by atoms with Gasteiger partial charge in [-0.25, -0.2) is 8.42 Å². The van der Waals surface area contributed by atoms with Crippen LogP contribution in [0, 0.1) is 6.92 Å². The topological polar surface area (TPSA) is 37.4 Å². The molecule has 19 heavy (non-hydrogen) atoms. The van der Waals surface area contributed by atoms with Gasteiger partial charge in [0, 0.05) is 6.54 Å². The first-order valence-electron chi connectivity index (χ1n) is 7.17. The van der Waals surface area contributed by atoms with Gasteiger partial charge < -0.3 is 0 Å². The number of anilines is 1. The lowest BCUT2D eigenvalue weighted by atomic mass is 10.2. The van der Waals surface area contributed by atoms with Crippen molar-refractivity contribution >= 4 is 15.7 Å². The fourth-order valence-electron chi connectivity index (χ4n) is 1.79. The van der Waals surface area contributed by atoms with E-state index < -0.39 is 10.0 Å². The summed E-state index contributed by atoms with van der Waals surface area (Å²) >= 11 is 0. The van der Waals surface area contributed by atoms with E-state index in [1.165, 1.54) is 4.31 Å². The molecule has 1 aliphatic heterocycles. The van der Waals surface area contributed by atoms with Crippen molar-refractivity contribution in [2.75, 3.05) is 16.6 Å². The van der Waals surface area contributed by atoms with Crippen molar-refractivity contribution in [2.45, 2.75) is 47.5 Å². The number of hydrogen-bond donors (Lipinski definition) is 0. The van der Waals surface area contributed by atoms with Crippen molar-refractivity contribution in [3.8, 4) is 0 Å². The van der Waals surface area contributed by atoms with Crippen molar-refractivity contribution in [2.24, 2.45) is 0 Å². The van der Waals surface area contributed by atoms with E-state index in [0.717, 1.165) is 24.1 Å². The highest BCUT2D eigenvalue weighted by molar-refractivity contribution is 7.92. The predicted molar refractivity (Wildman–Crippen MR) is 84.2 cm³/mol. The van der Waals surface area contributed by atoms with Crippen LogP contribution in [0.3, 0.4) is 0 Å². The molecule has 1 aromatic carbocycles. The molecule has 3 nitrogen and oxygen atoms in total. The van der Waals surface area contributed by atoms with E-state index >= 15 is 0 Å². The number of nitrogens with zero attached hydrogens (tertiary/aromatic N) is 1. The number of aryl methyl sites for hydroxylation is 1. The van der Waals surface area contributed by atoms with Crippen LogP contribution in [0.15, 0.2) is 24.3 Å². The first kappa shape index (κ1) is 18.0. The van der Waals surface area contributed by atoms with Crippen molar-refractivity contribution in [1.82, 2.24) is 0 Å². The maximum atomic E-state index is 11.8. The fraction of sp³-hybridized carbons (Fsp3) is 0.600. The van der Waals surface area contributed by atoms with E-state index in [9.17, 15) is 8.42 Å². The lowest BCUT2D eigenvalue weighted by Crippen LogP contribution is -2.37. The quantitative estimate of drug-likeness (QED) is 0.782. The average molecular weight is 285 g/mol. The highest BCUT2D eigenvalue weighted by atomic mass is 32.2. The zero-order chi connectivity index (χ0) is 14.9. The summed E-state index contributed by atoms with van der Waals surface area (Å²) in [4.78, 5) is 0. The second kappa shape index (κ2) is 8.97. The molecule has 0 saturated carbocycles. The Morgan fingerprint density at radius 3 is 1.95 bits per heavy atom. The first-order valence-corrected chi connectivity index (χ1v) is 8.77. The standard InChI is InChI=1S/C11H15NO2S.2C2H6/c1-10-4-6-11(7-5-10)12-8-2-3-9-15(12,13)14;2*1-2/h4-7H,2-3,8-9H2,1H3;2*1-2H3. The van der Waals surface area contributed by atoms with Gasteiger partial charge in [0.25, 0.3) is 0 Å². The molecule has 0 aromatic heterocycles. The number of benzene rings is 1. The number of sulfonamides is 1.